The van der Waals surface area contributed by atoms with Gasteiger partial charge in [0.25, 0.3) is 0 Å². The molecule has 1 aromatic rings. The van der Waals surface area contributed by atoms with E-state index in [1.807, 2.05) is 0 Å². The number of halogens is 1. The maximum atomic E-state index is 13.6. The summed E-state index contributed by atoms with van der Waals surface area (Å²) in [6, 6.07) is 4.07. The topological polar surface area (TPSA) is 54.4 Å². The minimum Gasteiger partial charge on any atom is -0.395 e. The number of aliphatic hydroxyl groups excluding tert-OH is 1. The molecule has 0 saturated carbocycles. The number of aliphatic hydroxyl groups is 1. The lowest BCUT2D eigenvalue weighted by Gasteiger charge is -2.24. The Hall–Kier alpha value is -0.940. The van der Waals surface area contributed by atoms with Crippen LogP contribution in [0.2, 0.25) is 0 Å². The number of hydrogen-bond donors (Lipinski definition) is 1. The van der Waals surface area contributed by atoms with Gasteiger partial charge in [-0.2, -0.15) is 0 Å². The highest BCUT2D eigenvalue weighted by atomic mass is 32.2. The Labute approximate surface area is 94.8 Å². The van der Waals surface area contributed by atoms with Crippen molar-refractivity contribution in [3.8, 4) is 0 Å². The van der Waals surface area contributed by atoms with Crippen molar-refractivity contribution in [3.63, 3.8) is 0 Å². The zero-order valence-corrected chi connectivity index (χ0v) is 10.3. The van der Waals surface area contributed by atoms with Crippen LogP contribution in [-0.4, -0.2) is 26.4 Å². The highest BCUT2D eigenvalue weighted by Crippen LogP contribution is 2.30. The van der Waals surface area contributed by atoms with Gasteiger partial charge in [-0.15, -0.1) is 0 Å². The van der Waals surface area contributed by atoms with Crippen LogP contribution in [0.15, 0.2) is 23.1 Å². The lowest BCUT2D eigenvalue weighted by Crippen LogP contribution is -2.25. The molecule has 0 unspecified atom stereocenters. The van der Waals surface area contributed by atoms with E-state index in [2.05, 4.69) is 0 Å². The predicted octanol–water partition coefficient (Wildman–Crippen LogP) is 1.50. The van der Waals surface area contributed by atoms with Gasteiger partial charge in [0.1, 0.15) is 10.7 Å². The second kappa shape index (κ2) is 4.14. The van der Waals surface area contributed by atoms with Gasteiger partial charge in [-0.3, -0.25) is 0 Å². The molecule has 0 saturated heterocycles. The second-order valence-electron chi connectivity index (χ2n) is 4.43. The molecule has 0 aliphatic rings. The number of sulfone groups is 1. The van der Waals surface area contributed by atoms with Crippen molar-refractivity contribution < 1.29 is 17.9 Å². The van der Waals surface area contributed by atoms with E-state index in [0.717, 1.165) is 12.3 Å². The fraction of sp³-hybridized carbons (Fsp3) is 0.455. The SMILES string of the molecule is CC(C)(CO)c1cccc(F)c1S(C)(=O)=O. The van der Waals surface area contributed by atoms with Gasteiger partial charge < -0.3 is 5.11 Å². The largest absolute Gasteiger partial charge is 0.395 e. The van der Waals surface area contributed by atoms with Crippen molar-refractivity contribution in [2.75, 3.05) is 12.9 Å². The zero-order valence-electron chi connectivity index (χ0n) is 9.49. The molecule has 0 spiro atoms. The van der Waals surface area contributed by atoms with Gasteiger partial charge in [0.05, 0.1) is 6.61 Å². The van der Waals surface area contributed by atoms with Gasteiger partial charge in [-0.1, -0.05) is 26.0 Å². The number of benzene rings is 1. The lowest BCUT2D eigenvalue weighted by molar-refractivity contribution is 0.216. The minimum absolute atomic E-state index is 0.251. The van der Waals surface area contributed by atoms with Crippen molar-refractivity contribution in [1.82, 2.24) is 0 Å². The van der Waals surface area contributed by atoms with E-state index < -0.39 is 21.1 Å². The Bertz CT molecular complexity index is 492. The summed E-state index contributed by atoms with van der Waals surface area (Å²) in [5.41, 5.74) is -0.488. The standard InChI is InChI=1S/C11H15FO3S/c1-11(2,7-13)8-5-4-6-9(12)10(8)16(3,14)15/h4-6,13H,7H2,1-3H3. The Morgan fingerprint density at radius 2 is 1.94 bits per heavy atom. The van der Waals surface area contributed by atoms with Crippen LogP contribution in [-0.2, 0) is 15.3 Å². The molecule has 16 heavy (non-hydrogen) atoms. The molecular weight excluding hydrogens is 231 g/mol. The van der Waals surface area contributed by atoms with E-state index >= 15 is 0 Å². The molecule has 90 valence electrons. The maximum Gasteiger partial charge on any atom is 0.178 e. The average Bonchev–Trinajstić information content (AvgIpc) is 2.15. The van der Waals surface area contributed by atoms with E-state index in [-0.39, 0.29) is 11.5 Å². The van der Waals surface area contributed by atoms with E-state index in [4.69, 9.17) is 0 Å². The Morgan fingerprint density at radius 1 is 1.38 bits per heavy atom. The summed E-state index contributed by atoms with van der Waals surface area (Å²) in [5.74, 6) is -0.776. The van der Waals surface area contributed by atoms with Gasteiger partial charge in [-0.25, -0.2) is 12.8 Å². The smallest absolute Gasteiger partial charge is 0.178 e. The highest BCUT2D eigenvalue weighted by Gasteiger charge is 2.28. The first-order valence-electron chi connectivity index (χ1n) is 4.80. The second-order valence-corrected chi connectivity index (χ2v) is 6.38. The summed E-state index contributed by atoms with van der Waals surface area (Å²) < 4.78 is 36.6. The minimum atomic E-state index is -3.64. The van der Waals surface area contributed by atoms with Gasteiger partial charge in [0, 0.05) is 11.7 Å². The quantitative estimate of drug-likeness (QED) is 0.879. The van der Waals surface area contributed by atoms with Crippen molar-refractivity contribution in [1.29, 1.82) is 0 Å². The third-order valence-electron chi connectivity index (χ3n) is 2.46. The van der Waals surface area contributed by atoms with Crippen LogP contribution < -0.4 is 0 Å². The molecule has 0 aliphatic carbocycles. The summed E-state index contributed by atoms with van der Waals surface area (Å²) in [6.07, 6.45) is 0.961. The summed E-state index contributed by atoms with van der Waals surface area (Å²) in [6.45, 7) is 3.08. The third kappa shape index (κ3) is 2.41. The van der Waals surface area contributed by atoms with Crippen molar-refractivity contribution >= 4 is 9.84 Å². The van der Waals surface area contributed by atoms with Gasteiger partial charge >= 0.3 is 0 Å². The van der Waals surface area contributed by atoms with Crippen molar-refractivity contribution in [3.05, 3.63) is 29.6 Å². The molecule has 0 atom stereocenters. The van der Waals surface area contributed by atoms with Crippen LogP contribution in [0.1, 0.15) is 19.4 Å². The van der Waals surface area contributed by atoms with Crippen molar-refractivity contribution in [2.45, 2.75) is 24.2 Å². The first-order chi connectivity index (χ1) is 7.20. The van der Waals surface area contributed by atoms with Crippen molar-refractivity contribution in [2.24, 2.45) is 0 Å². The van der Waals surface area contributed by atoms with Crippen LogP contribution in [0.5, 0.6) is 0 Å². The molecule has 0 radical (unpaired) electrons. The molecule has 0 aliphatic heterocycles. The van der Waals surface area contributed by atoms with Crippen LogP contribution >= 0.6 is 0 Å². The van der Waals surface area contributed by atoms with Crippen LogP contribution in [0.4, 0.5) is 4.39 Å². The summed E-state index contributed by atoms with van der Waals surface area (Å²) >= 11 is 0. The third-order valence-corrected chi connectivity index (χ3v) is 3.62. The summed E-state index contributed by atoms with van der Waals surface area (Å²) in [7, 11) is -3.64. The maximum absolute atomic E-state index is 13.6. The van der Waals surface area contributed by atoms with Gasteiger partial charge in [0.2, 0.25) is 0 Å². The number of rotatable bonds is 3. The van der Waals surface area contributed by atoms with Gasteiger partial charge in [-0.05, 0) is 11.6 Å². The molecule has 0 amide bonds. The fourth-order valence-electron chi connectivity index (χ4n) is 1.50. The summed E-state index contributed by atoms with van der Waals surface area (Å²) in [4.78, 5) is -0.325. The first kappa shape index (κ1) is 13.1. The molecular formula is C11H15FO3S. The normalized spacial score (nSPS) is 12.8. The van der Waals surface area contributed by atoms with Crippen LogP contribution in [0, 0.1) is 5.82 Å². The molecule has 1 rings (SSSR count). The molecule has 1 aromatic carbocycles. The molecule has 5 heteroatoms. The number of hydrogen-bond acceptors (Lipinski definition) is 3. The molecule has 0 bridgehead atoms. The highest BCUT2D eigenvalue weighted by molar-refractivity contribution is 7.90. The fourth-order valence-corrected chi connectivity index (χ4v) is 2.67. The van der Waals surface area contributed by atoms with E-state index in [0.29, 0.717) is 5.56 Å². The van der Waals surface area contributed by atoms with Crippen LogP contribution in [0.3, 0.4) is 0 Å². The van der Waals surface area contributed by atoms with Gasteiger partial charge in [0.15, 0.2) is 9.84 Å². The Morgan fingerprint density at radius 3 is 2.38 bits per heavy atom. The molecule has 1 N–H and O–H groups in total. The lowest BCUT2D eigenvalue weighted by atomic mass is 9.85. The molecule has 0 heterocycles. The van der Waals surface area contributed by atoms with E-state index in [1.165, 1.54) is 12.1 Å². The average molecular weight is 246 g/mol. The first-order valence-corrected chi connectivity index (χ1v) is 6.69. The van der Waals surface area contributed by atoms with E-state index in [1.54, 1.807) is 13.8 Å². The molecule has 3 nitrogen and oxygen atoms in total. The predicted molar refractivity (Wildman–Crippen MR) is 59.6 cm³/mol. The Balaban J connectivity index is 3.60. The molecule has 0 aromatic heterocycles. The molecule has 0 fully saturated rings. The zero-order chi connectivity index (χ0) is 12.6. The van der Waals surface area contributed by atoms with E-state index in [9.17, 15) is 17.9 Å². The van der Waals surface area contributed by atoms with Crippen LogP contribution in [0.25, 0.3) is 0 Å². The summed E-state index contributed by atoms with van der Waals surface area (Å²) in [5, 5.41) is 9.21. The monoisotopic (exact) mass is 246 g/mol. The Kier molecular flexibility index (Phi) is 3.40.